The molecular weight excluding hydrogens is 272 g/mol. The van der Waals surface area contributed by atoms with Crippen molar-refractivity contribution in [3.63, 3.8) is 0 Å². The smallest absolute Gasteiger partial charge is 0.411 e. The van der Waals surface area contributed by atoms with Crippen molar-refractivity contribution < 1.29 is 41.0 Å². The maximum absolute atomic E-state index is 12.0. The summed E-state index contributed by atoms with van der Waals surface area (Å²) in [6.07, 6.45) is -9.19. The number of ether oxygens (including phenoxy) is 1. The average Bonchev–Trinajstić information content (AvgIpc) is 2.06. The maximum atomic E-state index is 12.0. The standard InChI is InChI=1S/C8H11F6NO3/c9-7(10,11)4-15(3-6(16)17)1-2-18-5-8(12,13)14/h1-5H2,(H,16,17). The van der Waals surface area contributed by atoms with Gasteiger partial charge in [-0.3, -0.25) is 9.69 Å². The van der Waals surface area contributed by atoms with Gasteiger partial charge in [0.2, 0.25) is 0 Å². The molecule has 0 aromatic carbocycles. The van der Waals surface area contributed by atoms with Crippen LogP contribution in [0.5, 0.6) is 0 Å². The van der Waals surface area contributed by atoms with E-state index in [-0.39, 0.29) is 0 Å². The highest BCUT2D eigenvalue weighted by atomic mass is 19.4. The molecule has 0 spiro atoms. The van der Waals surface area contributed by atoms with Crippen LogP contribution in [0.3, 0.4) is 0 Å². The molecule has 0 aromatic heterocycles. The lowest BCUT2D eigenvalue weighted by Crippen LogP contribution is -2.40. The van der Waals surface area contributed by atoms with Gasteiger partial charge >= 0.3 is 18.3 Å². The Morgan fingerprint density at radius 1 is 1.11 bits per heavy atom. The van der Waals surface area contributed by atoms with Gasteiger partial charge in [0.1, 0.15) is 6.61 Å². The molecule has 0 fully saturated rings. The highest BCUT2D eigenvalue weighted by Crippen LogP contribution is 2.17. The second-order valence-electron chi connectivity index (χ2n) is 3.39. The number of hydrogen-bond acceptors (Lipinski definition) is 3. The van der Waals surface area contributed by atoms with E-state index in [9.17, 15) is 31.1 Å². The molecule has 0 aliphatic heterocycles. The third kappa shape index (κ3) is 11.5. The van der Waals surface area contributed by atoms with E-state index >= 15 is 0 Å². The van der Waals surface area contributed by atoms with Crippen molar-refractivity contribution >= 4 is 5.97 Å². The number of carbonyl (C=O) groups is 1. The number of alkyl halides is 6. The molecule has 0 bridgehead atoms. The van der Waals surface area contributed by atoms with E-state index in [4.69, 9.17) is 5.11 Å². The molecule has 0 saturated heterocycles. The van der Waals surface area contributed by atoms with Crippen molar-refractivity contribution in [3.05, 3.63) is 0 Å². The Morgan fingerprint density at radius 3 is 2.06 bits per heavy atom. The van der Waals surface area contributed by atoms with E-state index in [1.807, 2.05) is 0 Å². The predicted molar refractivity (Wildman–Crippen MR) is 47.0 cm³/mol. The molecule has 4 nitrogen and oxygen atoms in total. The first kappa shape index (κ1) is 17.0. The number of halogens is 6. The number of nitrogens with zero attached hydrogens (tertiary/aromatic N) is 1. The monoisotopic (exact) mass is 283 g/mol. The first-order valence-corrected chi connectivity index (χ1v) is 4.65. The molecule has 1 N–H and O–H groups in total. The van der Waals surface area contributed by atoms with Gasteiger partial charge in [-0.1, -0.05) is 0 Å². The second kappa shape index (κ2) is 6.78. The summed E-state index contributed by atoms with van der Waals surface area (Å²) in [5.74, 6) is -1.50. The number of carboxylic acid groups (broad SMARTS) is 1. The van der Waals surface area contributed by atoms with Gasteiger partial charge in [0.05, 0.1) is 19.7 Å². The first-order chi connectivity index (χ1) is 7.99. The van der Waals surface area contributed by atoms with Gasteiger partial charge in [-0.05, 0) is 0 Å². The second-order valence-corrected chi connectivity index (χ2v) is 3.39. The molecule has 0 radical (unpaired) electrons. The zero-order chi connectivity index (χ0) is 14.4. The lowest BCUT2D eigenvalue weighted by atomic mass is 10.4. The van der Waals surface area contributed by atoms with E-state index in [2.05, 4.69) is 4.74 Å². The summed E-state index contributed by atoms with van der Waals surface area (Å²) in [4.78, 5) is 10.7. The number of aliphatic carboxylic acids is 1. The highest BCUT2D eigenvalue weighted by Gasteiger charge is 2.32. The summed E-state index contributed by atoms with van der Waals surface area (Å²) < 4.78 is 75.0. The van der Waals surface area contributed by atoms with Crippen LogP contribution in [-0.4, -0.2) is 61.2 Å². The van der Waals surface area contributed by atoms with Crippen molar-refractivity contribution in [2.75, 3.05) is 32.8 Å². The Labute approximate surface area is 98.1 Å². The van der Waals surface area contributed by atoms with Crippen LogP contribution in [-0.2, 0) is 9.53 Å². The van der Waals surface area contributed by atoms with Crippen LogP contribution in [0.15, 0.2) is 0 Å². The molecule has 108 valence electrons. The highest BCUT2D eigenvalue weighted by molar-refractivity contribution is 5.69. The lowest BCUT2D eigenvalue weighted by molar-refractivity contribution is -0.178. The number of carboxylic acids is 1. The largest absolute Gasteiger partial charge is 0.480 e. The minimum Gasteiger partial charge on any atom is -0.480 e. The van der Waals surface area contributed by atoms with Gasteiger partial charge in [0.25, 0.3) is 0 Å². The van der Waals surface area contributed by atoms with Gasteiger partial charge in [-0.15, -0.1) is 0 Å². The lowest BCUT2D eigenvalue weighted by Gasteiger charge is -2.21. The number of rotatable bonds is 7. The average molecular weight is 283 g/mol. The summed E-state index contributed by atoms with van der Waals surface area (Å²) in [5.41, 5.74) is 0. The summed E-state index contributed by atoms with van der Waals surface area (Å²) in [6.45, 7) is -5.21. The maximum Gasteiger partial charge on any atom is 0.411 e. The van der Waals surface area contributed by atoms with Gasteiger partial charge in [0, 0.05) is 6.54 Å². The first-order valence-electron chi connectivity index (χ1n) is 4.65. The van der Waals surface area contributed by atoms with Crippen LogP contribution in [0, 0.1) is 0 Å². The van der Waals surface area contributed by atoms with Crippen LogP contribution in [0.1, 0.15) is 0 Å². The SMILES string of the molecule is O=C(O)CN(CCOCC(F)(F)F)CC(F)(F)F. The molecule has 18 heavy (non-hydrogen) atoms. The van der Waals surface area contributed by atoms with Crippen molar-refractivity contribution in [2.24, 2.45) is 0 Å². The summed E-state index contributed by atoms with van der Waals surface area (Å²) in [5, 5.41) is 8.34. The number of hydrogen-bond donors (Lipinski definition) is 1. The van der Waals surface area contributed by atoms with Gasteiger partial charge in [0.15, 0.2) is 0 Å². The van der Waals surface area contributed by atoms with Gasteiger partial charge in [-0.25, -0.2) is 0 Å². The Balaban J connectivity index is 4.06. The Morgan fingerprint density at radius 2 is 1.67 bits per heavy atom. The van der Waals surface area contributed by atoms with Gasteiger partial charge in [-0.2, -0.15) is 26.3 Å². The molecular formula is C8H11F6NO3. The minimum absolute atomic E-state index is 0.443. The summed E-state index contributed by atoms with van der Waals surface area (Å²) in [7, 11) is 0. The van der Waals surface area contributed by atoms with Crippen LogP contribution in [0.25, 0.3) is 0 Å². The molecule has 10 heteroatoms. The Hall–Kier alpha value is -1.03. The van der Waals surface area contributed by atoms with Crippen LogP contribution in [0.2, 0.25) is 0 Å². The zero-order valence-electron chi connectivity index (χ0n) is 9.01. The fraction of sp³-hybridized carbons (Fsp3) is 0.875. The molecule has 0 heterocycles. The third-order valence-corrected chi connectivity index (χ3v) is 1.58. The fourth-order valence-corrected chi connectivity index (χ4v) is 1.04. The van der Waals surface area contributed by atoms with E-state index in [1.165, 1.54) is 0 Å². The Bertz CT molecular complexity index is 265. The van der Waals surface area contributed by atoms with Crippen LogP contribution in [0.4, 0.5) is 26.3 Å². The molecule has 0 rings (SSSR count). The van der Waals surface area contributed by atoms with Crippen molar-refractivity contribution in [3.8, 4) is 0 Å². The Kier molecular flexibility index (Phi) is 6.39. The summed E-state index contributed by atoms with van der Waals surface area (Å²) in [6, 6.07) is 0. The van der Waals surface area contributed by atoms with Crippen molar-refractivity contribution in [1.82, 2.24) is 4.90 Å². The third-order valence-electron chi connectivity index (χ3n) is 1.58. The minimum atomic E-state index is -4.63. The molecule has 0 atom stereocenters. The normalized spacial score (nSPS) is 13.1. The van der Waals surface area contributed by atoms with E-state index in [0.29, 0.717) is 4.90 Å². The van der Waals surface area contributed by atoms with E-state index in [0.717, 1.165) is 0 Å². The molecule has 0 aliphatic carbocycles. The predicted octanol–water partition coefficient (Wildman–Crippen LogP) is 1.51. The topological polar surface area (TPSA) is 49.8 Å². The molecule has 0 saturated carbocycles. The van der Waals surface area contributed by atoms with Crippen molar-refractivity contribution in [1.29, 1.82) is 0 Å². The summed E-state index contributed by atoms with van der Waals surface area (Å²) >= 11 is 0. The van der Waals surface area contributed by atoms with Gasteiger partial charge < -0.3 is 9.84 Å². The van der Waals surface area contributed by atoms with E-state index < -0.39 is 51.2 Å². The molecule has 0 aliphatic rings. The van der Waals surface area contributed by atoms with Crippen LogP contribution >= 0.6 is 0 Å². The zero-order valence-corrected chi connectivity index (χ0v) is 9.01. The van der Waals surface area contributed by atoms with Crippen molar-refractivity contribution in [2.45, 2.75) is 12.4 Å². The van der Waals surface area contributed by atoms with E-state index in [1.54, 1.807) is 0 Å². The molecule has 0 unspecified atom stereocenters. The fourth-order valence-electron chi connectivity index (χ4n) is 1.04. The quantitative estimate of drug-likeness (QED) is 0.568. The molecule has 0 aromatic rings. The molecule has 0 amide bonds. The van der Waals surface area contributed by atoms with Crippen LogP contribution < -0.4 is 0 Å².